The summed E-state index contributed by atoms with van der Waals surface area (Å²) >= 11 is 1.87. The summed E-state index contributed by atoms with van der Waals surface area (Å²) in [5.74, 6) is 3.45. The van der Waals surface area contributed by atoms with Gasteiger partial charge >= 0.3 is 0 Å². The second kappa shape index (κ2) is 6.48. The summed E-state index contributed by atoms with van der Waals surface area (Å²) < 4.78 is 0. The van der Waals surface area contributed by atoms with Gasteiger partial charge in [-0.1, -0.05) is 6.92 Å². The van der Waals surface area contributed by atoms with Crippen molar-refractivity contribution in [2.24, 2.45) is 0 Å². The first kappa shape index (κ1) is 13.8. The van der Waals surface area contributed by atoms with Gasteiger partial charge in [0, 0.05) is 25.9 Å². The number of nitrogens with zero attached hydrogens (tertiary/aromatic N) is 4. The van der Waals surface area contributed by atoms with E-state index in [1.807, 2.05) is 25.9 Å². The van der Waals surface area contributed by atoms with Crippen molar-refractivity contribution < 1.29 is 0 Å². The maximum atomic E-state index is 5.64. The Morgan fingerprint density at radius 2 is 2.06 bits per heavy atom. The van der Waals surface area contributed by atoms with Gasteiger partial charge in [-0.2, -0.15) is 26.7 Å². The van der Waals surface area contributed by atoms with E-state index in [1.54, 1.807) is 4.90 Å². The number of nitrogens with two attached hydrogens (primary N) is 1. The van der Waals surface area contributed by atoms with Gasteiger partial charge in [0.1, 0.15) is 0 Å². The fourth-order valence-electron chi connectivity index (χ4n) is 1.20. The fourth-order valence-corrected chi connectivity index (χ4v) is 1.87. The molecule has 0 aliphatic carbocycles. The molecule has 0 aromatic carbocycles. The van der Waals surface area contributed by atoms with Crippen molar-refractivity contribution in [1.82, 2.24) is 15.0 Å². The number of hydrogen-bond donors (Lipinski definition) is 2. The summed E-state index contributed by atoms with van der Waals surface area (Å²) in [6.45, 7) is 4.24. The van der Waals surface area contributed by atoms with Gasteiger partial charge in [-0.25, -0.2) is 0 Å². The molecule has 1 aromatic heterocycles. The second-order valence-electron chi connectivity index (χ2n) is 3.92. The molecule has 0 amide bonds. The van der Waals surface area contributed by atoms with E-state index in [1.165, 1.54) is 0 Å². The van der Waals surface area contributed by atoms with Crippen molar-refractivity contribution in [2.45, 2.75) is 19.9 Å². The van der Waals surface area contributed by atoms with Gasteiger partial charge in [0.2, 0.25) is 17.8 Å². The number of thioether (sulfide) groups is 1. The Morgan fingerprint density at radius 3 is 2.65 bits per heavy atom. The molecule has 7 heteroatoms. The average molecular weight is 256 g/mol. The molecular formula is C10H20N6S. The third-order valence-corrected chi connectivity index (χ3v) is 3.13. The van der Waals surface area contributed by atoms with Crippen LogP contribution in [0.1, 0.15) is 13.8 Å². The van der Waals surface area contributed by atoms with Gasteiger partial charge in [0.25, 0.3) is 0 Å². The highest BCUT2D eigenvalue weighted by atomic mass is 32.2. The van der Waals surface area contributed by atoms with Crippen molar-refractivity contribution >= 4 is 29.6 Å². The SMILES string of the molecule is CCSCC(C)Nc1nc(N)nc(N(C)C)n1. The third-order valence-electron chi connectivity index (χ3n) is 1.99. The van der Waals surface area contributed by atoms with E-state index in [4.69, 9.17) is 5.73 Å². The van der Waals surface area contributed by atoms with Crippen molar-refractivity contribution in [2.75, 3.05) is 41.6 Å². The number of rotatable bonds is 6. The van der Waals surface area contributed by atoms with Crippen molar-refractivity contribution in [3.8, 4) is 0 Å². The quantitative estimate of drug-likeness (QED) is 0.788. The summed E-state index contributed by atoms with van der Waals surface area (Å²) in [6, 6.07) is 0.303. The Kier molecular flexibility index (Phi) is 5.27. The van der Waals surface area contributed by atoms with E-state index >= 15 is 0 Å². The summed E-state index contributed by atoms with van der Waals surface area (Å²) in [5.41, 5.74) is 5.64. The van der Waals surface area contributed by atoms with E-state index in [0.717, 1.165) is 11.5 Å². The molecule has 3 N–H and O–H groups in total. The molecule has 0 aliphatic rings. The molecule has 96 valence electrons. The molecule has 0 saturated heterocycles. The largest absolute Gasteiger partial charge is 0.368 e. The molecule has 1 aromatic rings. The van der Waals surface area contributed by atoms with Crippen LogP contribution >= 0.6 is 11.8 Å². The van der Waals surface area contributed by atoms with Crippen molar-refractivity contribution in [3.63, 3.8) is 0 Å². The Balaban J connectivity index is 2.70. The topological polar surface area (TPSA) is 80.0 Å². The summed E-state index contributed by atoms with van der Waals surface area (Å²) in [6.07, 6.45) is 0. The van der Waals surface area contributed by atoms with Crippen molar-refractivity contribution in [3.05, 3.63) is 0 Å². The molecular weight excluding hydrogens is 236 g/mol. The van der Waals surface area contributed by atoms with Crippen LogP contribution < -0.4 is 16.0 Å². The van der Waals surface area contributed by atoms with Gasteiger partial charge in [-0.15, -0.1) is 0 Å². The molecule has 0 aliphatic heterocycles. The lowest BCUT2D eigenvalue weighted by Crippen LogP contribution is -2.22. The first-order chi connectivity index (χ1) is 8.02. The monoisotopic (exact) mass is 256 g/mol. The van der Waals surface area contributed by atoms with E-state index in [0.29, 0.717) is 17.9 Å². The molecule has 1 heterocycles. The van der Waals surface area contributed by atoms with Crippen LogP contribution in [-0.4, -0.2) is 46.6 Å². The van der Waals surface area contributed by atoms with Gasteiger partial charge in [-0.05, 0) is 12.7 Å². The average Bonchev–Trinajstić information content (AvgIpc) is 2.25. The van der Waals surface area contributed by atoms with Gasteiger partial charge in [0.05, 0.1) is 0 Å². The Morgan fingerprint density at radius 1 is 1.35 bits per heavy atom. The standard InChI is InChI=1S/C10H20N6S/c1-5-17-6-7(2)12-9-13-8(11)14-10(15-9)16(3)4/h7H,5-6H2,1-4H3,(H3,11,12,13,14,15). The van der Waals surface area contributed by atoms with Crippen LogP contribution in [0, 0.1) is 0 Å². The second-order valence-corrected chi connectivity index (χ2v) is 5.24. The Bertz CT molecular complexity index is 357. The van der Waals surface area contributed by atoms with Crippen LogP contribution in [0.4, 0.5) is 17.8 Å². The molecule has 6 nitrogen and oxygen atoms in total. The van der Waals surface area contributed by atoms with Crippen LogP contribution in [0.2, 0.25) is 0 Å². The molecule has 0 radical (unpaired) electrons. The lowest BCUT2D eigenvalue weighted by molar-refractivity contribution is 0.871. The summed E-state index contributed by atoms with van der Waals surface area (Å²) in [4.78, 5) is 14.2. The number of anilines is 3. The number of nitrogen functional groups attached to an aromatic ring is 1. The fraction of sp³-hybridized carbons (Fsp3) is 0.700. The minimum Gasteiger partial charge on any atom is -0.368 e. The zero-order chi connectivity index (χ0) is 12.8. The van der Waals surface area contributed by atoms with E-state index in [9.17, 15) is 0 Å². The predicted octanol–water partition coefficient (Wildman–Crippen LogP) is 1.07. The molecule has 1 rings (SSSR count). The predicted molar refractivity (Wildman–Crippen MR) is 74.7 cm³/mol. The highest BCUT2D eigenvalue weighted by Gasteiger charge is 2.08. The van der Waals surface area contributed by atoms with Crippen LogP contribution in [0.3, 0.4) is 0 Å². The molecule has 0 fully saturated rings. The third kappa shape index (κ3) is 4.64. The molecule has 0 bridgehead atoms. The molecule has 0 saturated carbocycles. The highest BCUT2D eigenvalue weighted by molar-refractivity contribution is 7.99. The molecule has 0 spiro atoms. The highest BCUT2D eigenvalue weighted by Crippen LogP contribution is 2.11. The van der Waals surface area contributed by atoms with E-state index in [-0.39, 0.29) is 5.95 Å². The lowest BCUT2D eigenvalue weighted by atomic mass is 10.4. The van der Waals surface area contributed by atoms with E-state index in [2.05, 4.69) is 34.1 Å². The van der Waals surface area contributed by atoms with E-state index < -0.39 is 0 Å². The Labute approximate surface area is 106 Å². The van der Waals surface area contributed by atoms with Crippen LogP contribution in [0.25, 0.3) is 0 Å². The lowest BCUT2D eigenvalue weighted by Gasteiger charge is -2.15. The Hall–Kier alpha value is -1.24. The smallest absolute Gasteiger partial charge is 0.231 e. The van der Waals surface area contributed by atoms with Gasteiger partial charge in [-0.3, -0.25) is 0 Å². The van der Waals surface area contributed by atoms with Crippen LogP contribution in [-0.2, 0) is 0 Å². The van der Waals surface area contributed by atoms with Gasteiger partial charge in [0.15, 0.2) is 0 Å². The van der Waals surface area contributed by atoms with Crippen molar-refractivity contribution in [1.29, 1.82) is 0 Å². The summed E-state index contributed by atoms with van der Waals surface area (Å²) in [5, 5.41) is 3.22. The first-order valence-electron chi connectivity index (χ1n) is 5.56. The van der Waals surface area contributed by atoms with Gasteiger partial charge < -0.3 is 16.0 Å². The maximum Gasteiger partial charge on any atom is 0.231 e. The number of hydrogen-bond acceptors (Lipinski definition) is 7. The zero-order valence-electron chi connectivity index (χ0n) is 10.8. The minimum atomic E-state index is 0.238. The summed E-state index contributed by atoms with van der Waals surface area (Å²) in [7, 11) is 3.74. The number of aromatic nitrogens is 3. The normalized spacial score (nSPS) is 12.2. The maximum absolute atomic E-state index is 5.64. The first-order valence-corrected chi connectivity index (χ1v) is 6.71. The number of nitrogens with one attached hydrogen (secondary N) is 1. The van der Waals surface area contributed by atoms with Crippen LogP contribution in [0.5, 0.6) is 0 Å². The molecule has 17 heavy (non-hydrogen) atoms. The molecule has 1 unspecified atom stereocenters. The molecule has 1 atom stereocenters. The van der Waals surface area contributed by atoms with Crippen LogP contribution in [0.15, 0.2) is 0 Å². The zero-order valence-corrected chi connectivity index (χ0v) is 11.6. The minimum absolute atomic E-state index is 0.238.